The lowest BCUT2D eigenvalue weighted by Crippen LogP contribution is -2.86. The van der Waals surface area contributed by atoms with Crippen molar-refractivity contribution in [1.82, 2.24) is 15.0 Å². The summed E-state index contributed by atoms with van der Waals surface area (Å²) in [6, 6.07) is 12.1. The van der Waals surface area contributed by atoms with Gasteiger partial charge in [0.25, 0.3) is 5.56 Å². The van der Waals surface area contributed by atoms with Gasteiger partial charge < -0.3 is 10.7 Å². The predicted octanol–water partition coefficient (Wildman–Crippen LogP) is 2.62. The quantitative estimate of drug-likeness (QED) is 0.630. The van der Waals surface area contributed by atoms with Crippen LogP contribution >= 0.6 is 11.6 Å². The van der Waals surface area contributed by atoms with Crippen LogP contribution in [0.25, 0.3) is 22.4 Å². The van der Waals surface area contributed by atoms with E-state index < -0.39 is 0 Å². The molecule has 0 atom stereocenters. The van der Waals surface area contributed by atoms with Gasteiger partial charge in [0.05, 0.1) is 23.0 Å². The molecule has 2 aromatic heterocycles. The Kier molecular flexibility index (Phi) is 5.52. The lowest BCUT2D eigenvalue weighted by Gasteiger charge is -2.23. The van der Waals surface area contributed by atoms with Crippen molar-refractivity contribution < 1.29 is 5.32 Å². The molecule has 1 aromatic carbocycles. The monoisotopic (exact) mass is 396 g/mol. The van der Waals surface area contributed by atoms with E-state index >= 15 is 0 Å². The third-order valence-corrected chi connectivity index (χ3v) is 5.51. The second-order valence-corrected chi connectivity index (χ2v) is 7.67. The van der Waals surface area contributed by atoms with Crippen molar-refractivity contribution in [3.8, 4) is 22.4 Å². The highest BCUT2D eigenvalue weighted by Crippen LogP contribution is 2.28. The van der Waals surface area contributed by atoms with E-state index in [-0.39, 0.29) is 5.56 Å². The fourth-order valence-corrected chi connectivity index (χ4v) is 3.87. The van der Waals surface area contributed by atoms with E-state index in [4.69, 9.17) is 22.3 Å². The molecule has 2 heterocycles. The van der Waals surface area contributed by atoms with Crippen molar-refractivity contribution in [2.24, 2.45) is 5.73 Å². The maximum Gasteiger partial charge on any atom is 0.326 e. The number of benzene rings is 1. The van der Waals surface area contributed by atoms with Crippen LogP contribution in [-0.2, 0) is 0 Å². The van der Waals surface area contributed by atoms with Gasteiger partial charge in [0, 0.05) is 36.2 Å². The maximum atomic E-state index is 12.1. The van der Waals surface area contributed by atoms with Crippen LogP contribution in [-0.4, -0.2) is 27.0 Å². The first-order valence-electron chi connectivity index (χ1n) is 9.51. The summed E-state index contributed by atoms with van der Waals surface area (Å²) in [4.78, 5) is 23.9. The number of H-pyrrole nitrogens is 1. The Hall–Kier alpha value is -2.54. The van der Waals surface area contributed by atoms with E-state index in [0.29, 0.717) is 34.3 Å². The molecular weight excluding hydrogens is 374 g/mol. The lowest BCUT2D eigenvalue weighted by molar-refractivity contribution is -0.621. The first kappa shape index (κ1) is 18.8. The van der Waals surface area contributed by atoms with Crippen molar-refractivity contribution in [2.75, 3.05) is 0 Å². The third-order valence-electron chi connectivity index (χ3n) is 5.23. The van der Waals surface area contributed by atoms with Crippen LogP contribution in [0.15, 0.2) is 53.6 Å². The highest BCUT2D eigenvalue weighted by Gasteiger charge is 2.23. The number of aromatic amines is 1. The van der Waals surface area contributed by atoms with Crippen LogP contribution in [0.4, 0.5) is 5.95 Å². The fraction of sp³-hybridized carbons (Fsp3) is 0.286. The molecule has 4 rings (SSSR count). The standard InChI is InChI=1S/C21H22ClN5O/c22-18-12-25-21(26-16-8-6-15(23)7-9-16)27-19(18)14-4-1-3-13(11-14)17-5-2-10-24-20(17)28/h1-5,10-12,15-16H,6-9,23H2,(H,24,28)(H,25,26,27)/p+1. The summed E-state index contributed by atoms with van der Waals surface area (Å²) < 4.78 is 0. The number of aromatic nitrogens is 3. The van der Waals surface area contributed by atoms with Gasteiger partial charge in [-0.3, -0.25) is 10.1 Å². The summed E-state index contributed by atoms with van der Waals surface area (Å²) >= 11 is 6.40. The zero-order valence-corrected chi connectivity index (χ0v) is 16.2. The fourth-order valence-electron chi connectivity index (χ4n) is 3.67. The number of nitrogens with one attached hydrogen (secondary N) is 1. The van der Waals surface area contributed by atoms with E-state index in [1.165, 1.54) is 0 Å². The van der Waals surface area contributed by atoms with Crippen molar-refractivity contribution in [3.63, 3.8) is 0 Å². The molecule has 0 saturated heterocycles. The zero-order valence-electron chi connectivity index (χ0n) is 15.4. The molecule has 0 amide bonds. The molecule has 5 N–H and O–H groups in total. The Morgan fingerprint density at radius 3 is 2.68 bits per heavy atom. The topological polar surface area (TPSA) is 101 Å². The van der Waals surface area contributed by atoms with E-state index in [1.54, 1.807) is 18.5 Å². The Bertz CT molecular complexity index is 1030. The first-order chi connectivity index (χ1) is 13.6. The number of quaternary nitrogens is 1. The third kappa shape index (κ3) is 4.14. The summed E-state index contributed by atoms with van der Waals surface area (Å²) in [6.07, 6.45) is 7.47. The first-order valence-corrected chi connectivity index (χ1v) is 9.89. The Labute approximate surface area is 168 Å². The molecule has 0 unspecified atom stereocenters. The molecule has 144 valence electrons. The minimum atomic E-state index is -0.127. The number of nitrogens with zero attached hydrogens (tertiary/aromatic N) is 2. The van der Waals surface area contributed by atoms with Gasteiger partial charge >= 0.3 is 5.95 Å². The highest BCUT2D eigenvalue weighted by molar-refractivity contribution is 6.32. The average Bonchev–Trinajstić information content (AvgIpc) is 2.71. The van der Waals surface area contributed by atoms with E-state index in [1.807, 2.05) is 30.3 Å². The molecule has 0 aliphatic heterocycles. The smallest absolute Gasteiger partial charge is 0.326 e. The van der Waals surface area contributed by atoms with Gasteiger partial charge in [-0.2, -0.15) is 9.97 Å². The number of hydrogen-bond acceptors (Lipinski definition) is 4. The molecular formula is C21H23ClN5O+. The summed E-state index contributed by atoms with van der Waals surface area (Å²) in [5.74, 6) is 0.683. The zero-order chi connectivity index (χ0) is 19.5. The van der Waals surface area contributed by atoms with Crippen molar-refractivity contribution >= 4 is 17.5 Å². The molecule has 1 aliphatic rings. The molecule has 6 nitrogen and oxygen atoms in total. The van der Waals surface area contributed by atoms with E-state index in [9.17, 15) is 4.79 Å². The normalized spacial score (nSPS) is 19.5. The van der Waals surface area contributed by atoms with Crippen molar-refractivity contribution in [3.05, 3.63) is 64.2 Å². The number of rotatable bonds is 4. The van der Waals surface area contributed by atoms with E-state index in [2.05, 4.69) is 15.3 Å². The van der Waals surface area contributed by atoms with Gasteiger partial charge in [0.15, 0.2) is 0 Å². The molecule has 0 spiro atoms. The largest absolute Gasteiger partial charge is 0.329 e. The van der Waals surface area contributed by atoms with Gasteiger partial charge in [-0.1, -0.05) is 29.8 Å². The van der Waals surface area contributed by atoms with Crippen LogP contribution in [0.5, 0.6) is 0 Å². The van der Waals surface area contributed by atoms with Crippen LogP contribution < -0.4 is 16.6 Å². The van der Waals surface area contributed by atoms with Gasteiger partial charge in [0.2, 0.25) is 0 Å². The SMILES string of the molecule is NC1CCC([NH2+]c2ncc(Cl)c(-c3cccc(-c4ccc[nH]c4=O)c3)n2)CC1. The molecule has 1 saturated carbocycles. The minimum absolute atomic E-state index is 0.127. The molecule has 3 aromatic rings. The van der Waals surface area contributed by atoms with Crippen molar-refractivity contribution in [1.29, 1.82) is 0 Å². The summed E-state index contributed by atoms with van der Waals surface area (Å²) in [7, 11) is 0. The summed E-state index contributed by atoms with van der Waals surface area (Å²) in [5.41, 5.74) is 8.83. The minimum Gasteiger partial charge on any atom is -0.329 e. The average molecular weight is 397 g/mol. The van der Waals surface area contributed by atoms with Crippen molar-refractivity contribution in [2.45, 2.75) is 37.8 Å². The Balaban J connectivity index is 1.63. The molecule has 1 fully saturated rings. The second-order valence-electron chi connectivity index (χ2n) is 7.26. The number of nitrogens with two attached hydrogens (primary N) is 2. The Morgan fingerprint density at radius 1 is 1.11 bits per heavy atom. The highest BCUT2D eigenvalue weighted by atomic mass is 35.5. The lowest BCUT2D eigenvalue weighted by atomic mass is 9.92. The number of hydrogen-bond donors (Lipinski definition) is 3. The van der Waals surface area contributed by atoms with Crippen LogP contribution in [0.3, 0.4) is 0 Å². The molecule has 0 bridgehead atoms. The number of halogens is 1. The summed E-state index contributed by atoms with van der Waals surface area (Å²) in [6.45, 7) is 0. The van der Waals surface area contributed by atoms with Crippen LogP contribution in [0.2, 0.25) is 5.02 Å². The van der Waals surface area contributed by atoms with Crippen LogP contribution in [0, 0.1) is 0 Å². The van der Waals surface area contributed by atoms with Gasteiger partial charge in [-0.05, 0) is 36.6 Å². The Morgan fingerprint density at radius 2 is 1.89 bits per heavy atom. The second kappa shape index (κ2) is 8.22. The molecule has 0 radical (unpaired) electrons. The van der Waals surface area contributed by atoms with Gasteiger partial charge in [0.1, 0.15) is 0 Å². The predicted molar refractivity (Wildman–Crippen MR) is 110 cm³/mol. The molecule has 1 aliphatic carbocycles. The maximum absolute atomic E-state index is 12.1. The summed E-state index contributed by atoms with van der Waals surface area (Å²) in [5, 5.41) is 2.61. The molecule has 28 heavy (non-hydrogen) atoms. The molecule has 7 heteroatoms. The van der Waals surface area contributed by atoms with Crippen LogP contribution in [0.1, 0.15) is 25.7 Å². The van der Waals surface area contributed by atoms with Gasteiger partial charge in [-0.15, -0.1) is 0 Å². The van der Waals surface area contributed by atoms with E-state index in [0.717, 1.165) is 36.8 Å². The number of pyridine rings is 1. The van der Waals surface area contributed by atoms with Gasteiger partial charge in [-0.25, -0.2) is 0 Å².